The number of anilines is 1. The van der Waals surface area contributed by atoms with E-state index in [9.17, 15) is 0 Å². The second kappa shape index (κ2) is 5.11. The van der Waals surface area contributed by atoms with Gasteiger partial charge in [-0.15, -0.1) is 5.10 Å². The zero-order valence-electron chi connectivity index (χ0n) is 12.8. The fraction of sp³-hybridized carbons (Fsp3) is 0.533. The fourth-order valence-corrected chi connectivity index (χ4v) is 2.89. The van der Waals surface area contributed by atoms with Gasteiger partial charge in [0.15, 0.2) is 5.82 Å². The van der Waals surface area contributed by atoms with Crippen molar-refractivity contribution in [1.29, 1.82) is 0 Å². The molecule has 0 saturated carbocycles. The van der Waals surface area contributed by atoms with Crippen LogP contribution in [0.3, 0.4) is 0 Å². The summed E-state index contributed by atoms with van der Waals surface area (Å²) in [5, 5.41) is 12.1. The molecular weight excluding hydrogens is 266 g/mol. The summed E-state index contributed by atoms with van der Waals surface area (Å²) in [7, 11) is 0. The molecule has 0 spiro atoms. The van der Waals surface area contributed by atoms with E-state index in [1.165, 1.54) is 0 Å². The number of nitrogens with zero attached hydrogens (tertiary/aromatic N) is 4. The minimum Gasteiger partial charge on any atom is -0.398 e. The van der Waals surface area contributed by atoms with Crippen LogP contribution in [-0.2, 0) is 11.3 Å². The summed E-state index contributed by atoms with van der Waals surface area (Å²) < 4.78 is 7.66. The molecule has 1 aromatic carbocycles. The van der Waals surface area contributed by atoms with Gasteiger partial charge in [0.25, 0.3) is 0 Å². The van der Waals surface area contributed by atoms with Gasteiger partial charge in [-0.3, -0.25) is 0 Å². The molecule has 2 N–H and O–H groups in total. The average Bonchev–Trinajstić information content (AvgIpc) is 3.04. The number of rotatable bonds is 3. The Balaban J connectivity index is 1.97. The van der Waals surface area contributed by atoms with Gasteiger partial charge in [0.05, 0.1) is 12.1 Å². The summed E-state index contributed by atoms with van der Waals surface area (Å²) in [6.45, 7) is 7.63. The summed E-state index contributed by atoms with van der Waals surface area (Å²) >= 11 is 0. The second-order valence-electron chi connectivity index (χ2n) is 6.09. The summed E-state index contributed by atoms with van der Waals surface area (Å²) in [5.41, 5.74) is 9.77. The quantitative estimate of drug-likeness (QED) is 0.875. The van der Waals surface area contributed by atoms with Gasteiger partial charge in [-0.2, -0.15) is 0 Å². The van der Waals surface area contributed by atoms with E-state index in [0.29, 0.717) is 6.54 Å². The molecule has 1 aliphatic rings. The smallest absolute Gasteiger partial charge is 0.182 e. The molecule has 1 unspecified atom stereocenters. The maximum absolute atomic E-state index is 6.03. The monoisotopic (exact) mass is 287 g/mol. The van der Waals surface area contributed by atoms with Crippen molar-refractivity contribution >= 4 is 5.69 Å². The van der Waals surface area contributed by atoms with Gasteiger partial charge in [0, 0.05) is 17.9 Å². The van der Waals surface area contributed by atoms with Crippen LogP contribution in [0.5, 0.6) is 0 Å². The zero-order valence-corrected chi connectivity index (χ0v) is 12.8. The van der Waals surface area contributed by atoms with Crippen LogP contribution in [0.4, 0.5) is 5.69 Å². The third kappa shape index (κ3) is 2.63. The summed E-state index contributed by atoms with van der Waals surface area (Å²) in [6.07, 6.45) is 2.12. The number of aryl methyl sites for hydroxylation is 2. The highest BCUT2D eigenvalue weighted by atomic mass is 16.5. The van der Waals surface area contributed by atoms with E-state index >= 15 is 0 Å². The fourth-order valence-electron chi connectivity index (χ4n) is 2.89. The van der Waals surface area contributed by atoms with Crippen LogP contribution in [0.25, 0.3) is 11.4 Å². The van der Waals surface area contributed by atoms with Crippen molar-refractivity contribution in [2.75, 3.05) is 12.3 Å². The summed E-state index contributed by atoms with van der Waals surface area (Å²) in [5.74, 6) is 0.746. The third-order valence-electron chi connectivity index (χ3n) is 4.17. The van der Waals surface area contributed by atoms with E-state index in [1.807, 2.05) is 17.7 Å². The van der Waals surface area contributed by atoms with Crippen molar-refractivity contribution in [1.82, 2.24) is 20.2 Å². The summed E-state index contributed by atoms with van der Waals surface area (Å²) in [6, 6.07) is 4.02. The van der Waals surface area contributed by atoms with Crippen molar-refractivity contribution in [2.45, 2.75) is 45.8 Å². The molecule has 2 aromatic rings. The number of aromatic nitrogens is 4. The minimum absolute atomic E-state index is 0.186. The first kappa shape index (κ1) is 14.0. The molecule has 1 aliphatic heterocycles. The van der Waals surface area contributed by atoms with E-state index in [2.05, 4.69) is 35.4 Å². The molecule has 2 heterocycles. The highest BCUT2D eigenvalue weighted by molar-refractivity contribution is 5.67. The van der Waals surface area contributed by atoms with Crippen LogP contribution in [0.2, 0.25) is 0 Å². The topological polar surface area (TPSA) is 78.8 Å². The van der Waals surface area contributed by atoms with Gasteiger partial charge in [0.2, 0.25) is 0 Å². The lowest BCUT2D eigenvalue weighted by atomic mass is 10.0. The van der Waals surface area contributed by atoms with E-state index in [-0.39, 0.29) is 5.60 Å². The van der Waals surface area contributed by atoms with E-state index < -0.39 is 0 Å². The van der Waals surface area contributed by atoms with Crippen molar-refractivity contribution in [3.8, 4) is 11.4 Å². The Morgan fingerprint density at radius 3 is 2.86 bits per heavy atom. The maximum atomic E-state index is 6.03. The Morgan fingerprint density at radius 1 is 1.33 bits per heavy atom. The van der Waals surface area contributed by atoms with Crippen LogP contribution in [0.1, 0.15) is 30.9 Å². The van der Waals surface area contributed by atoms with Gasteiger partial charge in [0.1, 0.15) is 0 Å². The SMILES string of the molecule is Cc1cc(C)c(-c2nnnn2CC2(C)CCCO2)cc1N. The Bertz CT molecular complexity index is 658. The first-order chi connectivity index (χ1) is 9.98. The number of hydrogen-bond acceptors (Lipinski definition) is 5. The van der Waals surface area contributed by atoms with Gasteiger partial charge in [-0.25, -0.2) is 4.68 Å². The lowest BCUT2D eigenvalue weighted by Gasteiger charge is -2.23. The molecule has 1 atom stereocenters. The zero-order chi connectivity index (χ0) is 15.0. The number of hydrogen-bond donors (Lipinski definition) is 1. The molecule has 21 heavy (non-hydrogen) atoms. The molecule has 3 rings (SSSR count). The van der Waals surface area contributed by atoms with E-state index in [0.717, 1.165) is 47.7 Å². The van der Waals surface area contributed by atoms with Crippen LogP contribution >= 0.6 is 0 Å². The van der Waals surface area contributed by atoms with Crippen molar-refractivity contribution in [2.24, 2.45) is 0 Å². The lowest BCUT2D eigenvalue weighted by molar-refractivity contribution is 0.00355. The van der Waals surface area contributed by atoms with Crippen molar-refractivity contribution in [3.05, 3.63) is 23.3 Å². The molecule has 1 saturated heterocycles. The van der Waals surface area contributed by atoms with Crippen LogP contribution in [-0.4, -0.2) is 32.4 Å². The number of benzene rings is 1. The maximum Gasteiger partial charge on any atom is 0.182 e. The highest BCUT2D eigenvalue weighted by Crippen LogP contribution is 2.30. The first-order valence-corrected chi connectivity index (χ1v) is 7.26. The molecular formula is C15H21N5O. The molecule has 0 bridgehead atoms. The average molecular weight is 287 g/mol. The van der Waals surface area contributed by atoms with Crippen LogP contribution in [0, 0.1) is 13.8 Å². The molecule has 1 aromatic heterocycles. The van der Waals surface area contributed by atoms with Crippen molar-refractivity contribution in [3.63, 3.8) is 0 Å². The van der Waals surface area contributed by atoms with Gasteiger partial charge >= 0.3 is 0 Å². The molecule has 6 heteroatoms. The normalized spacial score (nSPS) is 21.9. The number of tetrazole rings is 1. The largest absolute Gasteiger partial charge is 0.398 e. The molecule has 0 aliphatic carbocycles. The first-order valence-electron chi connectivity index (χ1n) is 7.26. The Labute approximate surface area is 124 Å². The van der Waals surface area contributed by atoms with E-state index in [4.69, 9.17) is 10.5 Å². The lowest BCUT2D eigenvalue weighted by Crippen LogP contribution is -2.30. The predicted molar refractivity (Wildman–Crippen MR) is 80.7 cm³/mol. The Kier molecular flexibility index (Phi) is 3.41. The highest BCUT2D eigenvalue weighted by Gasteiger charge is 2.32. The van der Waals surface area contributed by atoms with Gasteiger partial charge in [-0.1, -0.05) is 6.07 Å². The predicted octanol–water partition coefficient (Wildman–Crippen LogP) is 2.11. The molecule has 0 amide bonds. The number of nitrogens with two attached hydrogens (primary N) is 1. The third-order valence-corrected chi connectivity index (χ3v) is 4.17. The van der Waals surface area contributed by atoms with Gasteiger partial charge < -0.3 is 10.5 Å². The van der Waals surface area contributed by atoms with Crippen LogP contribution < -0.4 is 5.73 Å². The second-order valence-corrected chi connectivity index (χ2v) is 6.09. The number of nitrogen functional groups attached to an aromatic ring is 1. The summed E-state index contributed by atoms with van der Waals surface area (Å²) in [4.78, 5) is 0. The Hall–Kier alpha value is -1.95. The van der Waals surface area contributed by atoms with Crippen LogP contribution in [0.15, 0.2) is 12.1 Å². The minimum atomic E-state index is -0.186. The Morgan fingerprint density at radius 2 is 2.14 bits per heavy atom. The number of ether oxygens (including phenoxy) is 1. The van der Waals surface area contributed by atoms with Crippen molar-refractivity contribution < 1.29 is 4.74 Å². The standard InChI is InChI=1S/C15H21N5O/c1-10-7-11(2)13(16)8-12(10)14-17-18-19-20(14)9-15(3)5-4-6-21-15/h7-8H,4-6,9,16H2,1-3H3. The van der Waals surface area contributed by atoms with Gasteiger partial charge in [-0.05, 0) is 61.2 Å². The molecule has 112 valence electrons. The van der Waals surface area contributed by atoms with E-state index in [1.54, 1.807) is 0 Å². The molecule has 6 nitrogen and oxygen atoms in total. The molecule has 1 fully saturated rings. The molecule has 0 radical (unpaired) electrons.